The highest BCUT2D eigenvalue weighted by Gasteiger charge is 2.38. The average molecular weight is 380 g/mol. The Morgan fingerprint density at radius 3 is 2.52 bits per heavy atom. The van der Waals surface area contributed by atoms with Gasteiger partial charge in [-0.2, -0.15) is 4.98 Å². The lowest BCUT2D eigenvalue weighted by molar-refractivity contribution is -0.0280. The van der Waals surface area contributed by atoms with Crippen LogP contribution in [0.3, 0.4) is 0 Å². The maximum absolute atomic E-state index is 12.8. The molecule has 0 bridgehead atoms. The molecule has 1 saturated heterocycles. The van der Waals surface area contributed by atoms with Gasteiger partial charge in [-0.05, 0) is 26.7 Å². The topological polar surface area (TPSA) is 83.7 Å². The van der Waals surface area contributed by atoms with Crippen LogP contribution in [-0.4, -0.2) is 70.9 Å². The second-order valence-corrected chi connectivity index (χ2v) is 7.65. The second-order valence-electron chi connectivity index (χ2n) is 7.65. The molecule has 8 nitrogen and oxygen atoms in total. The standard InChI is InChI=1S/C19H33N5O3/c1-3-23(14-17-21-16(2)22-27-17)18(25)20-15-19(8-6-4-5-7-9-19)24-10-12-26-13-11-24/h3-15H2,1-2H3,(H,20,25). The quantitative estimate of drug-likeness (QED) is 0.764. The van der Waals surface area contributed by atoms with Crippen molar-refractivity contribution >= 4 is 6.03 Å². The van der Waals surface area contributed by atoms with Gasteiger partial charge in [-0.25, -0.2) is 4.79 Å². The van der Waals surface area contributed by atoms with E-state index in [1.165, 1.54) is 25.7 Å². The van der Waals surface area contributed by atoms with E-state index in [9.17, 15) is 4.79 Å². The highest BCUT2D eigenvalue weighted by Crippen LogP contribution is 2.33. The molecular weight excluding hydrogens is 346 g/mol. The summed E-state index contributed by atoms with van der Waals surface area (Å²) >= 11 is 0. The number of hydrogen-bond donors (Lipinski definition) is 1. The number of aryl methyl sites for hydroxylation is 1. The maximum atomic E-state index is 12.8. The van der Waals surface area contributed by atoms with Crippen LogP contribution in [0.5, 0.6) is 0 Å². The van der Waals surface area contributed by atoms with Crippen LogP contribution in [0.2, 0.25) is 0 Å². The van der Waals surface area contributed by atoms with Crippen LogP contribution in [-0.2, 0) is 11.3 Å². The lowest BCUT2D eigenvalue weighted by atomic mass is 9.87. The Kier molecular flexibility index (Phi) is 7.07. The first-order valence-corrected chi connectivity index (χ1v) is 10.3. The van der Waals surface area contributed by atoms with E-state index >= 15 is 0 Å². The summed E-state index contributed by atoms with van der Waals surface area (Å²) in [6, 6.07) is -0.0646. The number of urea groups is 1. The molecule has 27 heavy (non-hydrogen) atoms. The zero-order valence-corrected chi connectivity index (χ0v) is 16.7. The van der Waals surface area contributed by atoms with Crippen LogP contribution < -0.4 is 5.32 Å². The maximum Gasteiger partial charge on any atom is 0.317 e. The third-order valence-corrected chi connectivity index (χ3v) is 5.85. The monoisotopic (exact) mass is 379 g/mol. The number of morpholine rings is 1. The van der Waals surface area contributed by atoms with Crippen molar-refractivity contribution in [2.75, 3.05) is 39.4 Å². The van der Waals surface area contributed by atoms with Crippen molar-refractivity contribution in [2.45, 2.75) is 64.5 Å². The molecule has 3 rings (SSSR count). The first-order valence-electron chi connectivity index (χ1n) is 10.3. The molecule has 0 unspecified atom stereocenters. The molecule has 1 aromatic rings. The van der Waals surface area contributed by atoms with Crippen LogP contribution >= 0.6 is 0 Å². The molecule has 1 saturated carbocycles. The first-order chi connectivity index (χ1) is 13.1. The van der Waals surface area contributed by atoms with Gasteiger partial charge in [-0.15, -0.1) is 0 Å². The molecule has 2 fully saturated rings. The Morgan fingerprint density at radius 1 is 1.22 bits per heavy atom. The van der Waals surface area contributed by atoms with Crippen LogP contribution in [0.4, 0.5) is 4.79 Å². The van der Waals surface area contributed by atoms with Crippen molar-refractivity contribution in [3.05, 3.63) is 11.7 Å². The Bertz CT molecular complexity index is 592. The van der Waals surface area contributed by atoms with Crippen LogP contribution in [0.1, 0.15) is 57.2 Å². The molecule has 2 heterocycles. The molecule has 0 radical (unpaired) electrons. The van der Waals surface area contributed by atoms with Gasteiger partial charge >= 0.3 is 6.03 Å². The third kappa shape index (κ3) is 5.19. The summed E-state index contributed by atoms with van der Waals surface area (Å²) in [5.74, 6) is 1.06. The number of aromatic nitrogens is 2. The number of ether oxygens (including phenoxy) is 1. The van der Waals surface area contributed by atoms with E-state index in [0.29, 0.717) is 31.3 Å². The molecule has 0 aromatic carbocycles. The van der Waals surface area contributed by atoms with E-state index < -0.39 is 0 Å². The van der Waals surface area contributed by atoms with Crippen molar-refractivity contribution in [3.63, 3.8) is 0 Å². The Balaban J connectivity index is 1.63. The van der Waals surface area contributed by atoms with E-state index in [4.69, 9.17) is 9.26 Å². The lowest BCUT2D eigenvalue weighted by Crippen LogP contribution is -2.59. The molecule has 0 atom stereocenters. The van der Waals surface area contributed by atoms with Gasteiger partial charge in [-0.1, -0.05) is 30.8 Å². The molecule has 8 heteroatoms. The van der Waals surface area contributed by atoms with E-state index in [2.05, 4.69) is 20.4 Å². The predicted molar refractivity (Wildman–Crippen MR) is 101 cm³/mol. The molecule has 2 amide bonds. The zero-order valence-electron chi connectivity index (χ0n) is 16.7. The molecule has 1 aromatic heterocycles. The van der Waals surface area contributed by atoms with Gasteiger partial charge in [0.25, 0.3) is 0 Å². The van der Waals surface area contributed by atoms with Crippen LogP contribution in [0.25, 0.3) is 0 Å². The minimum Gasteiger partial charge on any atom is -0.379 e. The Morgan fingerprint density at radius 2 is 1.93 bits per heavy atom. The minimum atomic E-state index is -0.0646. The van der Waals surface area contributed by atoms with Crippen LogP contribution in [0, 0.1) is 6.92 Å². The zero-order chi connectivity index (χ0) is 19.1. The summed E-state index contributed by atoms with van der Waals surface area (Å²) in [6.07, 6.45) is 7.32. The van der Waals surface area contributed by atoms with Crippen molar-refractivity contribution in [2.24, 2.45) is 0 Å². The number of hydrogen-bond acceptors (Lipinski definition) is 6. The van der Waals surface area contributed by atoms with Gasteiger partial charge in [0, 0.05) is 31.7 Å². The van der Waals surface area contributed by atoms with Crippen molar-refractivity contribution in [1.82, 2.24) is 25.3 Å². The normalized spacial score (nSPS) is 20.8. The smallest absolute Gasteiger partial charge is 0.317 e. The van der Waals surface area contributed by atoms with E-state index in [0.717, 1.165) is 39.1 Å². The summed E-state index contributed by atoms with van der Waals surface area (Å²) in [7, 11) is 0. The number of rotatable bonds is 6. The largest absolute Gasteiger partial charge is 0.379 e. The number of carbonyl (C=O) groups excluding carboxylic acids is 1. The van der Waals surface area contributed by atoms with Crippen molar-refractivity contribution in [3.8, 4) is 0 Å². The molecule has 1 N–H and O–H groups in total. The van der Waals surface area contributed by atoms with Crippen molar-refractivity contribution in [1.29, 1.82) is 0 Å². The number of nitrogens with one attached hydrogen (secondary N) is 1. The first kappa shape index (κ1) is 20.1. The summed E-state index contributed by atoms with van der Waals surface area (Å²) in [6.45, 7) is 8.84. The van der Waals surface area contributed by atoms with Gasteiger partial charge in [0.05, 0.1) is 13.2 Å². The molecule has 2 aliphatic rings. The fraction of sp³-hybridized carbons (Fsp3) is 0.842. The highest BCUT2D eigenvalue weighted by molar-refractivity contribution is 5.74. The van der Waals surface area contributed by atoms with E-state index in [1.807, 2.05) is 6.92 Å². The Labute approximate surface area is 161 Å². The number of carbonyl (C=O) groups is 1. The van der Waals surface area contributed by atoms with Crippen LogP contribution in [0.15, 0.2) is 4.52 Å². The SMILES string of the molecule is CCN(Cc1nc(C)no1)C(=O)NCC1(N2CCOCC2)CCCCCC1. The summed E-state index contributed by atoms with van der Waals surface area (Å²) in [5.41, 5.74) is 0.0520. The van der Waals surface area contributed by atoms with E-state index in [1.54, 1.807) is 11.8 Å². The summed E-state index contributed by atoms with van der Waals surface area (Å²) in [5, 5.41) is 7.01. The molecule has 0 spiro atoms. The summed E-state index contributed by atoms with van der Waals surface area (Å²) in [4.78, 5) is 21.3. The minimum absolute atomic E-state index is 0.0520. The molecule has 152 valence electrons. The van der Waals surface area contributed by atoms with Gasteiger partial charge < -0.3 is 19.5 Å². The third-order valence-electron chi connectivity index (χ3n) is 5.85. The number of nitrogens with zero attached hydrogens (tertiary/aromatic N) is 4. The lowest BCUT2D eigenvalue weighted by Gasteiger charge is -2.46. The highest BCUT2D eigenvalue weighted by atomic mass is 16.5. The molecular formula is C19H33N5O3. The molecule has 1 aliphatic heterocycles. The molecule has 1 aliphatic carbocycles. The van der Waals surface area contributed by atoms with Gasteiger partial charge in [0.1, 0.15) is 6.54 Å². The Hall–Kier alpha value is -1.67. The average Bonchev–Trinajstić information content (AvgIpc) is 2.96. The fourth-order valence-corrected chi connectivity index (χ4v) is 4.28. The van der Waals surface area contributed by atoms with Crippen molar-refractivity contribution < 1.29 is 14.1 Å². The second kappa shape index (κ2) is 9.50. The van der Waals surface area contributed by atoms with Gasteiger partial charge in [0.15, 0.2) is 5.82 Å². The fourth-order valence-electron chi connectivity index (χ4n) is 4.28. The number of amides is 2. The van der Waals surface area contributed by atoms with Gasteiger partial charge in [0.2, 0.25) is 5.89 Å². The predicted octanol–water partition coefficient (Wildman–Crippen LogP) is 2.33. The summed E-state index contributed by atoms with van der Waals surface area (Å²) < 4.78 is 10.7. The van der Waals surface area contributed by atoms with Gasteiger partial charge in [-0.3, -0.25) is 4.90 Å². The van der Waals surface area contributed by atoms with E-state index in [-0.39, 0.29) is 11.6 Å².